The normalized spacial score (nSPS) is 15.9. The summed E-state index contributed by atoms with van der Waals surface area (Å²) < 4.78 is 11.1. The molecule has 0 aromatic heterocycles. The van der Waals surface area contributed by atoms with Crippen LogP contribution in [0.2, 0.25) is 0 Å². The molecule has 1 aromatic rings. The standard InChI is InChI=1S/C16H24N2O3/c1-12-10-14(13(2)19)15(17)11-16(12)21-7-3-4-18-5-8-20-9-6-18/h10-11H,3-9,17H2,1-2H3. The maximum atomic E-state index is 11.4. The smallest absolute Gasteiger partial charge is 0.161 e. The second kappa shape index (κ2) is 7.43. The fourth-order valence-corrected chi connectivity index (χ4v) is 2.46. The van der Waals surface area contributed by atoms with Gasteiger partial charge in [-0.1, -0.05) is 0 Å². The maximum absolute atomic E-state index is 11.4. The van der Waals surface area contributed by atoms with Crippen molar-refractivity contribution in [3.8, 4) is 5.75 Å². The SMILES string of the molecule is CC(=O)c1cc(C)c(OCCCN2CCOCC2)cc1N. The van der Waals surface area contributed by atoms with Gasteiger partial charge in [-0.05, 0) is 31.9 Å². The van der Waals surface area contributed by atoms with E-state index in [1.165, 1.54) is 6.92 Å². The third kappa shape index (κ3) is 4.44. The molecule has 0 unspecified atom stereocenters. The molecule has 5 nitrogen and oxygen atoms in total. The van der Waals surface area contributed by atoms with Gasteiger partial charge in [-0.2, -0.15) is 0 Å². The summed E-state index contributed by atoms with van der Waals surface area (Å²) in [6.45, 7) is 8.77. The van der Waals surface area contributed by atoms with E-state index in [1.54, 1.807) is 12.1 Å². The lowest BCUT2D eigenvalue weighted by molar-refractivity contribution is 0.0358. The quantitative estimate of drug-likeness (QED) is 0.493. The number of carbonyl (C=O) groups excluding carboxylic acids is 1. The summed E-state index contributed by atoms with van der Waals surface area (Å²) in [5.74, 6) is 0.744. The molecule has 1 aromatic carbocycles. The molecule has 2 rings (SSSR count). The van der Waals surface area contributed by atoms with Gasteiger partial charge in [0.1, 0.15) is 5.75 Å². The van der Waals surface area contributed by atoms with Gasteiger partial charge in [0.25, 0.3) is 0 Å². The van der Waals surface area contributed by atoms with Crippen molar-refractivity contribution in [2.24, 2.45) is 0 Å². The van der Waals surface area contributed by atoms with Crippen LogP contribution in [0.4, 0.5) is 5.69 Å². The van der Waals surface area contributed by atoms with E-state index >= 15 is 0 Å². The average Bonchev–Trinajstić information content (AvgIpc) is 2.47. The zero-order valence-corrected chi connectivity index (χ0v) is 12.9. The Morgan fingerprint density at radius 1 is 1.38 bits per heavy atom. The van der Waals surface area contributed by atoms with Crippen molar-refractivity contribution in [3.05, 3.63) is 23.3 Å². The topological polar surface area (TPSA) is 64.8 Å². The second-order valence-corrected chi connectivity index (χ2v) is 5.42. The zero-order valence-electron chi connectivity index (χ0n) is 12.9. The first-order valence-corrected chi connectivity index (χ1v) is 7.42. The first kappa shape index (κ1) is 15.8. The zero-order chi connectivity index (χ0) is 15.2. The molecule has 1 aliphatic heterocycles. The number of nitrogen functional groups attached to an aromatic ring is 1. The fraction of sp³-hybridized carbons (Fsp3) is 0.562. The molecule has 1 heterocycles. The summed E-state index contributed by atoms with van der Waals surface area (Å²) in [6, 6.07) is 3.55. The number of morpholine rings is 1. The number of rotatable bonds is 6. The van der Waals surface area contributed by atoms with E-state index in [0.717, 1.165) is 50.6 Å². The molecule has 0 radical (unpaired) electrons. The van der Waals surface area contributed by atoms with Gasteiger partial charge >= 0.3 is 0 Å². The van der Waals surface area contributed by atoms with E-state index in [0.29, 0.717) is 17.9 Å². The van der Waals surface area contributed by atoms with E-state index in [1.807, 2.05) is 6.92 Å². The molecule has 1 aliphatic rings. The minimum atomic E-state index is -0.0190. The van der Waals surface area contributed by atoms with E-state index in [2.05, 4.69) is 4.90 Å². The molecule has 5 heteroatoms. The molecule has 0 atom stereocenters. The summed E-state index contributed by atoms with van der Waals surface area (Å²) in [6.07, 6.45) is 0.966. The van der Waals surface area contributed by atoms with Gasteiger partial charge in [0, 0.05) is 37.0 Å². The predicted octanol–water partition coefficient (Wildman–Crippen LogP) is 1.88. The molecule has 0 bridgehead atoms. The molecule has 1 fully saturated rings. The van der Waals surface area contributed by atoms with Crippen molar-refractivity contribution in [1.29, 1.82) is 0 Å². The Morgan fingerprint density at radius 3 is 2.76 bits per heavy atom. The number of aryl methyl sites for hydroxylation is 1. The van der Waals surface area contributed by atoms with E-state index in [-0.39, 0.29) is 5.78 Å². The Kier molecular flexibility index (Phi) is 5.59. The lowest BCUT2D eigenvalue weighted by atomic mass is 10.1. The molecular weight excluding hydrogens is 268 g/mol. The summed E-state index contributed by atoms with van der Waals surface area (Å²) in [7, 11) is 0. The summed E-state index contributed by atoms with van der Waals surface area (Å²) in [4.78, 5) is 13.8. The highest BCUT2D eigenvalue weighted by Crippen LogP contribution is 2.25. The lowest BCUT2D eigenvalue weighted by Crippen LogP contribution is -2.37. The predicted molar refractivity (Wildman–Crippen MR) is 83.0 cm³/mol. The number of ketones is 1. The number of nitrogens with zero attached hydrogens (tertiary/aromatic N) is 1. The van der Waals surface area contributed by atoms with Crippen LogP contribution < -0.4 is 10.5 Å². The molecule has 0 aliphatic carbocycles. The van der Waals surface area contributed by atoms with Crippen molar-refractivity contribution < 1.29 is 14.3 Å². The molecule has 0 spiro atoms. The minimum absolute atomic E-state index is 0.0190. The third-order valence-corrected chi connectivity index (χ3v) is 3.71. The molecule has 2 N–H and O–H groups in total. The van der Waals surface area contributed by atoms with E-state index < -0.39 is 0 Å². The highest BCUT2D eigenvalue weighted by Gasteiger charge is 2.11. The average molecular weight is 292 g/mol. The van der Waals surface area contributed by atoms with Gasteiger partial charge in [0.15, 0.2) is 5.78 Å². The van der Waals surface area contributed by atoms with Crippen LogP contribution in [0, 0.1) is 6.92 Å². The van der Waals surface area contributed by atoms with Crippen LogP contribution in [0.25, 0.3) is 0 Å². The highest BCUT2D eigenvalue weighted by atomic mass is 16.5. The first-order valence-electron chi connectivity index (χ1n) is 7.42. The number of nitrogens with two attached hydrogens (primary N) is 1. The lowest BCUT2D eigenvalue weighted by Gasteiger charge is -2.26. The van der Waals surface area contributed by atoms with Crippen molar-refractivity contribution >= 4 is 11.5 Å². The van der Waals surface area contributed by atoms with Crippen molar-refractivity contribution in [3.63, 3.8) is 0 Å². The largest absolute Gasteiger partial charge is 0.493 e. The van der Waals surface area contributed by atoms with Crippen LogP contribution >= 0.6 is 0 Å². The number of benzene rings is 1. The number of ether oxygens (including phenoxy) is 2. The Hall–Kier alpha value is -1.59. The number of carbonyl (C=O) groups is 1. The summed E-state index contributed by atoms with van der Waals surface area (Å²) in [5, 5.41) is 0. The van der Waals surface area contributed by atoms with Gasteiger partial charge in [-0.15, -0.1) is 0 Å². The van der Waals surface area contributed by atoms with Crippen LogP contribution in [0.1, 0.15) is 29.3 Å². The Bertz CT molecular complexity index is 497. The van der Waals surface area contributed by atoms with E-state index in [9.17, 15) is 4.79 Å². The van der Waals surface area contributed by atoms with Crippen LogP contribution in [-0.4, -0.2) is 50.1 Å². The second-order valence-electron chi connectivity index (χ2n) is 5.42. The molecule has 0 amide bonds. The van der Waals surface area contributed by atoms with Crippen LogP contribution in [0.3, 0.4) is 0 Å². The van der Waals surface area contributed by atoms with Crippen molar-refractivity contribution in [2.45, 2.75) is 20.3 Å². The summed E-state index contributed by atoms with van der Waals surface area (Å²) >= 11 is 0. The van der Waals surface area contributed by atoms with Gasteiger partial charge < -0.3 is 15.2 Å². The number of Topliss-reactive ketones (excluding diaryl/α,β-unsaturated/α-hetero) is 1. The Balaban J connectivity index is 1.82. The molecule has 116 valence electrons. The maximum Gasteiger partial charge on any atom is 0.161 e. The number of anilines is 1. The van der Waals surface area contributed by atoms with Crippen molar-refractivity contribution in [1.82, 2.24) is 4.90 Å². The fourth-order valence-electron chi connectivity index (χ4n) is 2.46. The monoisotopic (exact) mass is 292 g/mol. The molecule has 21 heavy (non-hydrogen) atoms. The van der Waals surface area contributed by atoms with Crippen molar-refractivity contribution in [2.75, 3.05) is 45.2 Å². The van der Waals surface area contributed by atoms with Gasteiger partial charge in [-0.25, -0.2) is 0 Å². The van der Waals surface area contributed by atoms with Gasteiger partial charge in [0.05, 0.1) is 19.8 Å². The molecular formula is C16H24N2O3. The molecule has 0 saturated carbocycles. The highest BCUT2D eigenvalue weighted by molar-refractivity contribution is 5.99. The number of hydrogen-bond acceptors (Lipinski definition) is 5. The number of hydrogen-bond donors (Lipinski definition) is 1. The van der Waals surface area contributed by atoms with Gasteiger partial charge in [-0.3, -0.25) is 9.69 Å². The Morgan fingerprint density at radius 2 is 2.10 bits per heavy atom. The van der Waals surface area contributed by atoms with Crippen LogP contribution in [-0.2, 0) is 4.74 Å². The van der Waals surface area contributed by atoms with Crippen LogP contribution in [0.5, 0.6) is 5.75 Å². The molecule has 1 saturated heterocycles. The van der Waals surface area contributed by atoms with Gasteiger partial charge in [0.2, 0.25) is 0 Å². The first-order chi connectivity index (χ1) is 10.1. The van der Waals surface area contributed by atoms with E-state index in [4.69, 9.17) is 15.2 Å². The minimum Gasteiger partial charge on any atom is -0.493 e. The third-order valence-electron chi connectivity index (χ3n) is 3.71. The Labute approximate surface area is 126 Å². The summed E-state index contributed by atoms with van der Waals surface area (Å²) in [5.41, 5.74) is 7.88. The van der Waals surface area contributed by atoms with Crippen LogP contribution in [0.15, 0.2) is 12.1 Å².